The lowest BCUT2D eigenvalue weighted by atomic mass is 10.1. The Morgan fingerprint density at radius 2 is 2.04 bits per heavy atom. The number of carbonyl (C=O) groups is 2. The molecule has 1 saturated carbocycles. The minimum absolute atomic E-state index is 0.0770. The number of halogens is 1. The summed E-state index contributed by atoms with van der Waals surface area (Å²) in [5.41, 5.74) is 0.873. The van der Waals surface area contributed by atoms with Crippen molar-refractivity contribution in [3.63, 3.8) is 0 Å². The molecule has 1 aromatic carbocycles. The Hall–Kier alpha value is -1.93. The van der Waals surface area contributed by atoms with Crippen LogP contribution < -0.4 is 5.32 Å². The van der Waals surface area contributed by atoms with Gasteiger partial charge >= 0.3 is 5.97 Å². The second kappa shape index (κ2) is 6.90. The summed E-state index contributed by atoms with van der Waals surface area (Å²) in [4.78, 5) is 29.9. The van der Waals surface area contributed by atoms with E-state index in [-0.39, 0.29) is 5.75 Å². The standard InChI is InChI=1S/C16H15BrN2O4S/c1-23-15(22)11(8-4-6-10(20)7-5-8)18-14(21)12-13(9-2-3-9)24-16(17)19-12/h4-7,9,11,20H,2-3H2,1H3,(H,18,21). The molecule has 3 rings (SSSR count). The number of amides is 1. The van der Waals surface area contributed by atoms with Gasteiger partial charge in [0.25, 0.3) is 5.91 Å². The number of esters is 1. The quantitative estimate of drug-likeness (QED) is 0.739. The maximum atomic E-state index is 12.6. The molecule has 0 spiro atoms. The molecule has 1 heterocycles. The Labute approximate surface area is 151 Å². The summed E-state index contributed by atoms with van der Waals surface area (Å²) >= 11 is 4.76. The van der Waals surface area contributed by atoms with Crippen molar-refractivity contribution >= 4 is 39.1 Å². The van der Waals surface area contributed by atoms with Crippen LogP contribution >= 0.6 is 27.3 Å². The van der Waals surface area contributed by atoms with E-state index in [0.717, 1.165) is 17.7 Å². The highest BCUT2D eigenvalue weighted by atomic mass is 79.9. The van der Waals surface area contributed by atoms with Crippen LogP contribution in [0.25, 0.3) is 0 Å². The first-order chi connectivity index (χ1) is 11.5. The molecule has 0 radical (unpaired) electrons. The molecule has 126 valence electrons. The maximum Gasteiger partial charge on any atom is 0.333 e. The number of hydrogen-bond donors (Lipinski definition) is 2. The van der Waals surface area contributed by atoms with Crippen molar-refractivity contribution in [2.45, 2.75) is 24.8 Å². The average molecular weight is 411 g/mol. The molecule has 1 aromatic heterocycles. The fourth-order valence-corrected chi connectivity index (χ4v) is 4.01. The van der Waals surface area contributed by atoms with E-state index in [4.69, 9.17) is 4.74 Å². The number of nitrogens with one attached hydrogen (secondary N) is 1. The van der Waals surface area contributed by atoms with Gasteiger partial charge in [0.1, 0.15) is 11.4 Å². The second-order valence-electron chi connectivity index (χ2n) is 5.48. The highest BCUT2D eigenvalue weighted by Gasteiger charge is 2.33. The number of thiazole rings is 1. The molecule has 1 unspecified atom stereocenters. The minimum atomic E-state index is -0.962. The molecule has 0 saturated heterocycles. The summed E-state index contributed by atoms with van der Waals surface area (Å²) in [5.74, 6) is -0.549. The summed E-state index contributed by atoms with van der Waals surface area (Å²) in [6, 6.07) is 5.07. The Morgan fingerprint density at radius 1 is 1.38 bits per heavy atom. The van der Waals surface area contributed by atoms with Crippen LogP contribution in [0.5, 0.6) is 5.75 Å². The summed E-state index contributed by atoms with van der Waals surface area (Å²) in [6.45, 7) is 0. The zero-order chi connectivity index (χ0) is 17.3. The van der Waals surface area contributed by atoms with Crippen LogP contribution in [-0.4, -0.2) is 29.1 Å². The number of aromatic nitrogens is 1. The zero-order valence-electron chi connectivity index (χ0n) is 12.8. The monoisotopic (exact) mass is 410 g/mol. The molecule has 2 N–H and O–H groups in total. The van der Waals surface area contributed by atoms with Gasteiger partial charge in [-0.25, -0.2) is 9.78 Å². The number of phenolic OH excluding ortho intramolecular Hbond substituents is 1. The van der Waals surface area contributed by atoms with E-state index in [1.165, 1.54) is 30.6 Å². The van der Waals surface area contributed by atoms with Crippen LogP contribution in [-0.2, 0) is 9.53 Å². The van der Waals surface area contributed by atoms with Crippen LogP contribution in [0.3, 0.4) is 0 Å². The Kier molecular flexibility index (Phi) is 4.86. The Morgan fingerprint density at radius 3 is 2.62 bits per heavy atom. The topological polar surface area (TPSA) is 88.5 Å². The molecular formula is C16H15BrN2O4S. The molecule has 1 fully saturated rings. The van der Waals surface area contributed by atoms with Crippen LogP contribution in [0.1, 0.15) is 45.7 Å². The van der Waals surface area contributed by atoms with Gasteiger partial charge in [0, 0.05) is 4.88 Å². The number of carbonyl (C=O) groups excluding carboxylic acids is 2. The highest BCUT2D eigenvalue weighted by molar-refractivity contribution is 9.11. The summed E-state index contributed by atoms with van der Waals surface area (Å²) in [7, 11) is 1.26. The fraction of sp³-hybridized carbons (Fsp3) is 0.312. The van der Waals surface area contributed by atoms with Gasteiger partial charge in [-0.05, 0) is 52.4 Å². The van der Waals surface area contributed by atoms with E-state index < -0.39 is 17.9 Å². The van der Waals surface area contributed by atoms with Crippen molar-refractivity contribution < 1.29 is 19.4 Å². The molecule has 0 bridgehead atoms. The molecule has 1 aliphatic rings. The van der Waals surface area contributed by atoms with Gasteiger partial charge in [-0.3, -0.25) is 4.79 Å². The second-order valence-corrected chi connectivity index (χ2v) is 7.78. The minimum Gasteiger partial charge on any atom is -0.508 e. The molecule has 24 heavy (non-hydrogen) atoms. The van der Waals surface area contributed by atoms with Crippen molar-refractivity contribution in [1.82, 2.24) is 10.3 Å². The van der Waals surface area contributed by atoms with E-state index in [9.17, 15) is 14.7 Å². The van der Waals surface area contributed by atoms with E-state index in [2.05, 4.69) is 26.2 Å². The third-order valence-corrected chi connectivity index (χ3v) is 5.40. The lowest BCUT2D eigenvalue weighted by Gasteiger charge is -2.16. The highest BCUT2D eigenvalue weighted by Crippen LogP contribution is 2.45. The van der Waals surface area contributed by atoms with E-state index >= 15 is 0 Å². The third kappa shape index (κ3) is 3.59. The smallest absolute Gasteiger partial charge is 0.333 e. The molecule has 1 amide bonds. The van der Waals surface area contributed by atoms with E-state index in [1.54, 1.807) is 12.1 Å². The molecule has 1 aliphatic carbocycles. The van der Waals surface area contributed by atoms with Gasteiger partial charge in [-0.1, -0.05) is 12.1 Å². The first-order valence-electron chi connectivity index (χ1n) is 7.33. The summed E-state index contributed by atoms with van der Waals surface area (Å²) < 4.78 is 5.43. The third-order valence-electron chi connectivity index (χ3n) is 3.73. The van der Waals surface area contributed by atoms with Gasteiger partial charge in [-0.15, -0.1) is 11.3 Å². The van der Waals surface area contributed by atoms with Crippen molar-refractivity contribution in [2.75, 3.05) is 7.11 Å². The van der Waals surface area contributed by atoms with Crippen molar-refractivity contribution in [1.29, 1.82) is 0 Å². The van der Waals surface area contributed by atoms with Gasteiger partial charge in [-0.2, -0.15) is 0 Å². The van der Waals surface area contributed by atoms with Gasteiger partial charge in [0.15, 0.2) is 9.96 Å². The summed E-state index contributed by atoms with van der Waals surface area (Å²) in [5, 5.41) is 12.1. The van der Waals surface area contributed by atoms with Gasteiger partial charge in [0.05, 0.1) is 7.11 Å². The average Bonchev–Trinajstić information content (AvgIpc) is 3.34. The predicted molar refractivity (Wildman–Crippen MR) is 92.1 cm³/mol. The molecule has 1 atom stereocenters. The Bertz CT molecular complexity index is 771. The SMILES string of the molecule is COC(=O)C(NC(=O)c1nc(Br)sc1C1CC1)c1ccc(O)cc1. The molecule has 8 heteroatoms. The maximum absolute atomic E-state index is 12.6. The first kappa shape index (κ1) is 16.9. The van der Waals surface area contributed by atoms with Crippen molar-refractivity contribution in [3.05, 3.63) is 44.3 Å². The van der Waals surface area contributed by atoms with Crippen LogP contribution in [0.4, 0.5) is 0 Å². The molecule has 2 aromatic rings. The summed E-state index contributed by atoms with van der Waals surface area (Å²) in [6.07, 6.45) is 2.10. The molecule has 6 nitrogen and oxygen atoms in total. The first-order valence-corrected chi connectivity index (χ1v) is 8.94. The van der Waals surface area contributed by atoms with Crippen molar-refractivity contribution in [2.24, 2.45) is 0 Å². The number of benzene rings is 1. The van der Waals surface area contributed by atoms with Gasteiger partial charge in [0.2, 0.25) is 0 Å². The largest absolute Gasteiger partial charge is 0.508 e. The number of ether oxygens (including phenoxy) is 1. The van der Waals surface area contributed by atoms with Crippen LogP contribution in [0.15, 0.2) is 28.2 Å². The number of phenols is 1. The van der Waals surface area contributed by atoms with Crippen LogP contribution in [0, 0.1) is 0 Å². The zero-order valence-corrected chi connectivity index (χ0v) is 15.2. The number of methoxy groups -OCH3 is 1. The van der Waals surface area contributed by atoms with Gasteiger partial charge < -0.3 is 15.2 Å². The van der Waals surface area contributed by atoms with Crippen molar-refractivity contribution in [3.8, 4) is 5.75 Å². The van der Waals surface area contributed by atoms with E-state index in [1.807, 2.05) is 0 Å². The fourth-order valence-electron chi connectivity index (χ4n) is 2.35. The molecule has 0 aliphatic heterocycles. The number of nitrogens with zero attached hydrogens (tertiary/aromatic N) is 1. The lowest BCUT2D eigenvalue weighted by molar-refractivity contribution is -0.143. The molecular weight excluding hydrogens is 396 g/mol. The normalized spacial score (nSPS) is 14.9. The number of rotatable bonds is 5. The number of hydrogen-bond acceptors (Lipinski definition) is 6. The number of aromatic hydroxyl groups is 1. The lowest BCUT2D eigenvalue weighted by Crippen LogP contribution is -2.35. The van der Waals surface area contributed by atoms with Crippen LogP contribution in [0.2, 0.25) is 0 Å². The predicted octanol–water partition coefficient (Wildman–Crippen LogP) is 3.13. The Balaban J connectivity index is 1.86. The van der Waals surface area contributed by atoms with E-state index in [0.29, 0.717) is 21.1 Å².